The molecule has 0 N–H and O–H groups in total. The summed E-state index contributed by atoms with van der Waals surface area (Å²) in [4.78, 5) is 38.7. The smallest absolute Gasteiger partial charge is 0.258 e. The molecular formula is C7H3N3O7. The van der Waals surface area contributed by atoms with Crippen LogP contribution in [0.4, 0.5) is 11.4 Å². The van der Waals surface area contributed by atoms with Gasteiger partial charge in [-0.05, 0) is 6.07 Å². The van der Waals surface area contributed by atoms with Crippen molar-refractivity contribution >= 4 is 17.3 Å². The lowest BCUT2D eigenvalue weighted by Gasteiger charge is -1.97. The molecule has 0 unspecified atom stereocenters. The molecule has 88 valence electrons. The Labute approximate surface area is 91.9 Å². The molecule has 1 aromatic carbocycles. The number of rotatable bonds is 3. The highest BCUT2D eigenvalue weighted by Gasteiger charge is 2.36. The molecule has 0 aromatic heterocycles. The largest absolute Gasteiger partial charge is 0.483 e. The number of hydrogen-bond donors (Lipinski definition) is 0. The summed E-state index contributed by atoms with van der Waals surface area (Å²) in [5.74, 6) is -1.76. The number of amides is 1. The van der Waals surface area contributed by atoms with Crippen LogP contribution in [0.25, 0.3) is 0 Å². The van der Waals surface area contributed by atoms with E-state index in [0.717, 1.165) is 18.2 Å². The van der Waals surface area contributed by atoms with Gasteiger partial charge in [-0.25, -0.2) is 4.79 Å². The minimum atomic E-state index is -1.76. The normalized spacial score (nSPS) is 9.65. The van der Waals surface area contributed by atoms with Gasteiger partial charge >= 0.3 is 17.3 Å². The molecule has 1 rings (SSSR count). The Kier molecular flexibility index (Phi) is 3.08. The quantitative estimate of drug-likeness (QED) is 0.564. The van der Waals surface area contributed by atoms with Crippen molar-refractivity contribution in [1.29, 1.82) is 0 Å². The molecule has 17 heavy (non-hydrogen) atoms. The molecule has 0 atom stereocenters. The number of para-hydroxylation sites is 1. The Morgan fingerprint density at radius 2 is 1.59 bits per heavy atom. The predicted molar refractivity (Wildman–Crippen MR) is 51.1 cm³/mol. The summed E-state index contributed by atoms with van der Waals surface area (Å²) in [5.41, 5.74) is -3.07. The van der Waals surface area contributed by atoms with Gasteiger partial charge in [0.05, 0.1) is 9.85 Å². The third-order valence-corrected chi connectivity index (χ3v) is 1.79. The Bertz CT molecular complexity index is 538. The fourth-order valence-electron chi connectivity index (χ4n) is 1.14. The van der Waals surface area contributed by atoms with E-state index >= 15 is 0 Å². The SMILES string of the molecule is O=C(c1cccc([N+](=O)[O-])c1[N+](=O)[O-])[N+](=O)[O-]. The van der Waals surface area contributed by atoms with E-state index in [1.807, 2.05) is 0 Å². The van der Waals surface area contributed by atoms with Crippen molar-refractivity contribution in [3.8, 4) is 0 Å². The first-order valence-electron chi connectivity index (χ1n) is 3.96. The number of carbonyl (C=O) groups is 1. The second-order valence-electron chi connectivity index (χ2n) is 2.75. The Hall–Kier alpha value is -2.91. The van der Waals surface area contributed by atoms with Crippen molar-refractivity contribution in [2.24, 2.45) is 0 Å². The van der Waals surface area contributed by atoms with Crippen LogP contribution in [0.2, 0.25) is 0 Å². The molecule has 0 saturated heterocycles. The van der Waals surface area contributed by atoms with Crippen molar-refractivity contribution in [1.82, 2.24) is 0 Å². The Balaban J connectivity index is 3.56. The average molecular weight is 241 g/mol. The van der Waals surface area contributed by atoms with Crippen LogP contribution < -0.4 is 0 Å². The van der Waals surface area contributed by atoms with E-state index in [4.69, 9.17) is 0 Å². The third-order valence-electron chi connectivity index (χ3n) is 1.79. The zero-order valence-corrected chi connectivity index (χ0v) is 7.93. The molecule has 0 saturated carbocycles. The topological polar surface area (TPSA) is 146 Å². The van der Waals surface area contributed by atoms with Gasteiger partial charge in [-0.15, -0.1) is 0 Å². The molecule has 0 fully saturated rings. The van der Waals surface area contributed by atoms with Crippen LogP contribution in [0.5, 0.6) is 0 Å². The van der Waals surface area contributed by atoms with Crippen molar-refractivity contribution in [3.05, 3.63) is 54.1 Å². The fraction of sp³-hybridized carbons (Fsp3) is 0. The number of hydrogen-bond acceptors (Lipinski definition) is 7. The third kappa shape index (κ3) is 2.19. The number of nitrogens with zero attached hydrogens (tertiary/aromatic N) is 3. The maximum atomic E-state index is 11.0. The average Bonchev–Trinajstić information content (AvgIpc) is 2.26. The highest BCUT2D eigenvalue weighted by Crippen LogP contribution is 2.30. The lowest BCUT2D eigenvalue weighted by atomic mass is 10.1. The van der Waals surface area contributed by atoms with Crippen LogP contribution >= 0.6 is 0 Å². The van der Waals surface area contributed by atoms with Gasteiger partial charge in [0.25, 0.3) is 0 Å². The van der Waals surface area contributed by atoms with Crippen LogP contribution in [0, 0.1) is 30.3 Å². The summed E-state index contributed by atoms with van der Waals surface area (Å²) in [7, 11) is 0. The summed E-state index contributed by atoms with van der Waals surface area (Å²) in [6.07, 6.45) is 0. The molecule has 0 heterocycles. The van der Waals surface area contributed by atoms with Crippen LogP contribution in [0.15, 0.2) is 18.2 Å². The van der Waals surface area contributed by atoms with Gasteiger partial charge < -0.3 is 0 Å². The fourth-order valence-corrected chi connectivity index (χ4v) is 1.14. The van der Waals surface area contributed by atoms with E-state index in [2.05, 4.69) is 0 Å². The van der Waals surface area contributed by atoms with E-state index in [0.29, 0.717) is 0 Å². The number of carbonyl (C=O) groups excluding carboxylic acids is 1. The lowest BCUT2D eigenvalue weighted by Crippen LogP contribution is -2.14. The minimum Gasteiger partial charge on any atom is -0.258 e. The zero-order chi connectivity index (χ0) is 13.2. The molecule has 0 aliphatic rings. The Morgan fingerprint density at radius 1 is 1.00 bits per heavy atom. The van der Waals surface area contributed by atoms with Crippen molar-refractivity contribution in [3.63, 3.8) is 0 Å². The summed E-state index contributed by atoms with van der Waals surface area (Å²) in [6, 6.07) is 2.53. The molecule has 0 bridgehead atoms. The number of nitro groups is 3. The van der Waals surface area contributed by atoms with Crippen LogP contribution in [-0.2, 0) is 0 Å². The second kappa shape index (κ2) is 4.30. The predicted octanol–water partition coefficient (Wildman–Crippen LogP) is 0.920. The monoisotopic (exact) mass is 241 g/mol. The van der Waals surface area contributed by atoms with E-state index in [1.54, 1.807) is 0 Å². The Morgan fingerprint density at radius 3 is 2.00 bits per heavy atom. The maximum Gasteiger partial charge on any atom is 0.483 e. The molecule has 0 spiro atoms. The molecule has 0 aliphatic heterocycles. The summed E-state index contributed by atoms with van der Waals surface area (Å²) in [5, 5.41) is 31.3. The van der Waals surface area contributed by atoms with E-state index in [-0.39, 0.29) is 0 Å². The summed E-state index contributed by atoms with van der Waals surface area (Å²) < 4.78 is 0. The first-order valence-corrected chi connectivity index (χ1v) is 3.96. The first kappa shape index (κ1) is 12.2. The number of benzene rings is 1. The lowest BCUT2D eigenvalue weighted by molar-refractivity contribution is -0.424. The van der Waals surface area contributed by atoms with Gasteiger partial charge in [0.15, 0.2) is 5.56 Å². The first-order chi connectivity index (χ1) is 7.86. The molecule has 10 nitrogen and oxygen atoms in total. The molecule has 1 aromatic rings. The minimum absolute atomic E-state index is 0.787. The van der Waals surface area contributed by atoms with Gasteiger partial charge in [-0.2, -0.15) is 0 Å². The van der Waals surface area contributed by atoms with E-state index in [9.17, 15) is 35.1 Å². The molecule has 0 aliphatic carbocycles. The van der Waals surface area contributed by atoms with Crippen LogP contribution in [-0.4, -0.2) is 20.7 Å². The van der Waals surface area contributed by atoms with E-state index in [1.165, 1.54) is 0 Å². The molecule has 0 radical (unpaired) electrons. The van der Waals surface area contributed by atoms with Gasteiger partial charge in [0.2, 0.25) is 0 Å². The van der Waals surface area contributed by atoms with Crippen molar-refractivity contribution < 1.29 is 19.6 Å². The maximum absolute atomic E-state index is 11.0. The van der Waals surface area contributed by atoms with Crippen molar-refractivity contribution in [2.75, 3.05) is 0 Å². The van der Waals surface area contributed by atoms with Gasteiger partial charge in [0, 0.05) is 6.07 Å². The molecule has 1 amide bonds. The van der Waals surface area contributed by atoms with Crippen molar-refractivity contribution in [2.45, 2.75) is 0 Å². The van der Waals surface area contributed by atoms with Gasteiger partial charge in [-0.3, -0.25) is 30.3 Å². The summed E-state index contributed by atoms with van der Waals surface area (Å²) >= 11 is 0. The highest BCUT2D eigenvalue weighted by molar-refractivity contribution is 5.94. The standard InChI is InChI=1S/C7H3N3O7/c11-7(10(16)17)4-2-1-3-5(8(12)13)6(4)9(14)15/h1-3H. The van der Waals surface area contributed by atoms with Gasteiger partial charge in [-0.1, -0.05) is 6.07 Å². The summed E-state index contributed by atoms with van der Waals surface area (Å²) in [6.45, 7) is 0. The second-order valence-corrected chi connectivity index (χ2v) is 2.75. The molecule has 10 heteroatoms. The van der Waals surface area contributed by atoms with E-state index < -0.39 is 37.6 Å². The molecular weight excluding hydrogens is 238 g/mol. The zero-order valence-electron chi connectivity index (χ0n) is 7.93. The van der Waals surface area contributed by atoms with Crippen LogP contribution in [0.3, 0.4) is 0 Å². The number of nitro benzene ring substituents is 2. The van der Waals surface area contributed by atoms with Crippen LogP contribution in [0.1, 0.15) is 10.4 Å². The van der Waals surface area contributed by atoms with Gasteiger partial charge in [0.1, 0.15) is 4.92 Å². The highest BCUT2D eigenvalue weighted by atomic mass is 16.6.